The molecule has 4 heteroatoms. The van der Waals surface area contributed by atoms with Gasteiger partial charge in [0.2, 0.25) is 0 Å². The molecule has 0 aromatic carbocycles. The van der Waals surface area contributed by atoms with Crippen molar-refractivity contribution in [3.05, 3.63) is 12.2 Å². The molecule has 0 aliphatic heterocycles. The van der Waals surface area contributed by atoms with E-state index in [-0.39, 0.29) is 6.42 Å². The van der Waals surface area contributed by atoms with Crippen LogP contribution in [-0.4, -0.2) is 22.2 Å². The Hall–Kier alpha value is -1.32. The molecule has 15 heavy (non-hydrogen) atoms. The van der Waals surface area contributed by atoms with Gasteiger partial charge in [0.25, 0.3) is 0 Å². The van der Waals surface area contributed by atoms with E-state index in [2.05, 4.69) is 13.8 Å². The van der Waals surface area contributed by atoms with Crippen LogP contribution in [0.25, 0.3) is 0 Å². The number of hydrogen-bond donors (Lipinski definition) is 2. The zero-order chi connectivity index (χ0) is 11.9. The van der Waals surface area contributed by atoms with Crippen LogP contribution in [0.3, 0.4) is 0 Å². The second-order valence-electron chi connectivity index (χ2n) is 3.58. The first-order valence-electron chi connectivity index (χ1n) is 5.15. The predicted molar refractivity (Wildman–Crippen MR) is 56.7 cm³/mol. The summed E-state index contributed by atoms with van der Waals surface area (Å²) < 4.78 is 0. The van der Waals surface area contributed by atoms with Gasteiger partial charge in [-0.3, -0.25) is 9.59 Å². The Kier molecular flexibility index (Phi) is 5.67. The molecule has 0 fully saturated rings. The smallest absolute Gasteiger partial charge is 0.324 e. The Morgan fingerprint density at radius 2 is 1.73 bits per heavy atom. The molecule has 1 aliphatic carbocycles. The fourth-order valence-corrected chi connectivity index (χ4v) is 1.31. The highest BCUT2D eigenvalue weighted by atomic mass is 16.4. The molecule has 0 unspecified atom stereocenters. The van der Waals surface area contributed by atoms with E-state index in [9.17, 15) is 9.59 Å². The molecule has 1 aliphatic rings. The van der Waals surface area contributed by atoms with E-state index in [0.29, 0.717) is 6.42 Å². The van der Waals surface area contributed by atoms with Gasteiger partial charge in [0.05, 0.1) is 0 Å². The highest BCUT2D eigenvalue weighted by Gasteiger charge is 2.44. The number of allylic oxidation sites excluding steroid dienone is 1. The number of carboxylic acids is 2. The van der Waals surface area contributed by atoms with Crippen LogP contribution in [0.4, 0.5) is 0 Å². The lowest BCUT2D eigenvalue weighted by Gasteiger charge is -2.23. The van der Waals surface area contributed by atoms with E-state index in [0.717, 1.165) is 6.42 Å². The van der Waals surface area contributed by atoms with Crippen molar-refractivity contribution in [2.75, 3.05) is 0 Å². The summed E-state index contributed by atoms with van der Waals surface area (Å²) in [6.45, 7) is 4.25. The third-order valence-electron chi connectivity index (χ3n) is 2.11. The van der Waals surface area contributed by atoms with Crippen LogP contribution in [0.2, 0.25) is 0 Å². The average Bonchev–Trinajstić information content (AvgIpc) is 2.19. The minimum atomic E-state index is -1.67. The number of carbonyl (C=O) groups is 2. The first-order valence-corrected chi connectivity index (χ1v) is 5.15. The summed E-state index contributed by atoms with van der Waals surface area (Å²) in [4.78, 5) is 21.4. The van der Waals surface area contributed by atoms with Crippen LogP contribution in [0, 0.1) is 5.41 Å². The number of hydrogen-bond acceptors (Lipinski definition) is 2. The monoisotopic (exact) mass is 214 g/mol. The molecule has 0 atom stereocenters. The van der Waals surface area contributed by atoms with E-state index in [1.54, 1.807) is 6.08 Å². The molecule has 0 aromatic rings. The summed E-state index contributed by atoms with van der Waals surface area (Å²) in [5.74, 6) is -2.54. The van der Waals surface area contributed by atoms with Gasteiger partial charge < -0.3 is 10.2 Å². The molecule has 0 aromatic heterocycles. The fourth-order valence-electron chi connectivity index (χ4n) is 1.31. The number of rotatable bonds is 2. The Labute approximate surface area is 89.6 Å². The van der Waals surface area contributed by atoms with Gasteiger partial charge in [-0.2, -0.15) is 0 Å². The molecule has 86 valence electrons. The lowest BCUT2D eigenvalue weighted by molar-refractivity contribution is -0.161. The summed E-state index contributed by atoms with van der Waals surface area (Å²) in [6, 6.07) is 0. The van der Waals surface area contributed by atoms with Gasteiger partial charge in [-0.15, -0.1) is 0 Å². The maximum Gasteiger partial charge on any atom is 0.324 e. The molecule has 1 rings (SSSR count). The third-order valence-corrected chi connectivity index (χ3v) is 2.11. The summed E-state index contributed by atoms with van der Waals surface area (Å²) in [7, 11) is 0. The van der Waals surface area contributed by atoms with E-state index >= 15 is 0 Å². The zero-order valence-corrected chi connectivity index (χ0v) is 9.19. The Bertz CT molecular complexity index is 241. The Balaban J connectivity index is 0.000000583. The molecule has 2 N–H and O–H groups in total. The van der Waals surface area contributed by atoms with Gasteiger partial charge in [-0.05, 0) is 19.3 Å². The van der Waals surface area contributed by atoms with Crippen molar-refractivity contribution in [1.29, 1.82) is 0 Å². The van der Waals surface area contributed by atoms with E-state index in [4.69, 9.17) is 10.2 Å². The maximum atomic E-state index is 10.7. The van der Waals surface area contributed by atoms with Gasteiger partial charge in [0.15, 0.2) is 5.41 Å². The Morgan fingerprint density at radius 3 is 1.93 bits per heavy atom. The first kappa shape index (κ1) is 13.7. The van der Waals surface area contributed by atoms with Crippen molar-refractivity contribution in [3.8, 4) is 0 Å². The van der Waals surface area contributed by atoms with Gasteiger partial charge in [0, 0.05) is 0 Å². The van der Waals surface area contributed by atoms with E-state index in [1.165, 1.54) is 12.5 Å². The standard InChI is InChI=1S/C8H10O4.C3H8/c9-6(10)8(7(11)12)4-2-1-3-5-8;1-3-2/h2,4H,1,3,5H2,(H,9,10)(H,11,12);3H2,1-2H3. The third kappa shape index (κ3) is 3.38. The van der Waals surface area contributed by atoms with Gasteiger partial charge in [-0.1, -0.05) is 32.4 Å². The van der Waals surface area contributed by atoms with Gasteiger partial charge in [-0.25, -0.2) is 0 Å². The molecular formula is C11H18O4. The van der Waals surface area contributed by atoms with Gasteiger partial charge >= 0.3 is 11.9 Å². The number of aliphatic carboxylic acids is 2. The molecule has 4 nitrogen and oxygen atoms in total. The second kappa shape index (κ2) is 6.22. The van der Waals surface area contributed by atoms with Crippen molar-refractivity contribution >= 4 is 11.9 Å². The summed E-state index contributed by atoms with van der Waals surface area (Å²) in [6.07, 6.45) is 5.72. The van der Waals surface area contributed by atoms with Crippen LogP contribution in [0.1, 0.15) is 39.5 Å². The normalized spacial score (nSPS) is 17.5. The minimum Gasteiger partial charge on any atom is -0.480 e. The molecule has 0 bridgehead atoms. The Morgan fingerprint density at radius 1 is 1.27 bits per heavy atom. The average molecular weight is 214 g/mol. The van der Waals surface area contributed by atoms with E-state index in [1.807, 2.05) is 0 Å². The highest BCUT2D eigenvalue weighted by molar-refractivity contribution is 6.00. The summed E-state index contributed by atoms with van der Waals surface area (Å²) in [5.41, 5.74) is -1.67. The quantitative estimate of drug-likeness (QED) is 0.546. The predicted octanol–water partition coefficient (Wildman–Crippen LogP) is 2.30. The molecule has 0 amide bonds. The zero-order valence-electron chi connectivity index (χ0n) is 9.19. The molecule has 0 radical (unpaired) electrons. The molecular weight excluding hydrogens is 196 g/mol. The van der Waals surface area contributed by atoms with Crippen LogP contribution in [0.15, 0.2) is 12.2 Å². The highest BCUT2D eigenvalue weighted by Crippen LogP contribution is 2.31. The molecule has 0 heterocycles. The van der Waals surface area contributed by atoms with Crippen LogP contribution >= 0.6 is 0 Å². The van der Waals surface area contributed by atoms with Crippen LogP contribution in [0.5, 0.6) is 0 Å². The number of carboxylic acid groups (broad SMARTS) is 2. The van der Waals surface area contributed by atoms with Crippen molar-refractivity contribution in [2.24, 2.45) is 5.41 Å². The van der Waals surface area contributed by atoms with Gasteiger partial charge in [0.1, 0.15) is 0 Å². The minimum absolute atomic E-state index is 0.189. The summed E-state index contributed by atoms with van der Waals surface area (Å²) in [5, 5.41) is 17.5. The van der Waals surface area contributed by atoms with Crippen molar-refractivity contribution < 1.29 is 19.8 Å². The lowest BCUT2D eigenvalue weighted by Crippen LogP contribution is -2.38. The largest absolute Gasteiger partial charge is 0.480 e. The second-order valence-corrected chi connectivity index (χ2v) is 3.58. The first-order chi connectivity index (χ1) is 7.01. The lowest BCUT2D eigenvalue weighted by atomic mass is 9.79. The fraction of sp³-hybridized carbons (Fsp3) is 0.636. The maximum absolute atomic E-state index is 10.7. The molecule has 0 saturated heterocycles. The van der Waals surface area contributed by atoms with Crippen LogP contribution < -0.4 is 0 Å². The van der Waals surface area contributed by atoms with E-state index < -0.39 is 17.4 Å². The van der Waals surface area contributed by atoms with Crippen molar-refractivity contribution in [1.82, 2.24) is 0 Å². The SMILES string of the molecule is CCC.O=C(O)C1(C(=O)O)C=CCCC1. The topological polar surface area (TPSA) is 74.6 Å². The summed E-state index contributed by atoms with van der Waals surface area (Å²) >= 11 is 0. The van der Waals surface area contributed by atoms with Crippen molar-refractivity contribution in [2.45, 2.75) is 39.5 Å². The van der Waals surface area contributed by atoms with Crippen molar-refractivity contribution in [3.63, 3.8) is 0 Å². The molecule has 0 saturated carbocycles. The van der Waals surface area contributed by atoms with Crippen LogP contribution in [-0.2, 0) is 9.59 Å². The molecule has 0 spiro atoms.